The fourth-order valence-electron chi connectivity index (χ4n) is 3.30. The van der Waals surface area contributed by atoms with Gasteiger partial charge in [-0.15, -0.1) is 0 Å². The standard InChI is InChI=1S/C21H23F3N2O6S/c1-3-32-15-11-26(6-7-31-12-15)33(28,29)19-8-13(4-5-18(19)30-2)21(27)25-14-9-16(22)20(24)17(23)10-14/h4-5,8-10,15H,3,6-7,11-12H2,1-2H3,(H,25,27). The van der Waals surface area contributed by atoms with Gasteiger partial charge in [0.15, 0.2) is 17.5 Å². The number of hydrogen-bond acceptors (Lipinski definition) is 6. The minimum absolute atomic E-state index is 0.00328. The molecule has 2 aromatic rings. The van der Waals surface area contributed by atoms with Gasteiger partial charge >= 0.3 is 0 Å². The van der Waals surface area contributed by atoms with Gasteiger partial charge in [-0.25, -0.2) is 21.6 Å². The van der Waals surface area contributed by atoms with Crippen molar-refractivity contribution in [2.24, 2.45) is 0 Å². The van der Waals surface area contributed by atoms with Crippen molar-refractivity contribution in [3.63, 3.8) is 0 Å². The van der Waals surface area contributed by atoms with Gasteiger partial charge in [-0.2, -0.15) is 4.31 Å². The lowest BCUT2D eigenvalue weighted by Gasteiger charge is -2.24. The Morgan fingerprint density at radius 2 is 1.91 bits per heavy atom. The smallest absolute Gasteiger partial charge is 0.255 e. The predicted octanol–water partition coefficient (Wildman–Crippen LogP) is 2.79. The molecule has 1 atom stereocenters. The Morgan fingerprint density at radius 1 is 1.21 bits per heavy atom. The zero-order chi connectivity index (χ0) is 24.2. The maximum Gasteiger partial charge on any atom is 0.255 e. The summed E-state index contributed by atoms with van der Waals surface area (Å²) < 4.78 is 84.1. The van der Waals surface area contributed by atoms with E-state index in [0.29, 0.717) is 18.7 Å². The molecule has 0 bridgehead atoms. The Kier molecular flexibility index (Phi) is 7.95. The van der Waals surface area contributed by atoms with Gasteiger partial charge in [0.25, 0.3) is 5.91 Å². The number of benzene rings is 2. The molecule has 3 rings (SSSR count). The number of carbonyl (C=O) groups excluding carboxylic acids is 1. The first-order chi connectivity index (χ1) is 15.7. The summed E-state index contributed by atoms with van der Waals surface area (Å²) in [7, 11) is -2.84. The number of hydrogen-bond donors (Lipinski definition) is 1. The van der Waals surface area contributed by atoms with Crippen molar-refractivity contribution >= 4 is 21.6 Å². The SMILES string of the molecule is CCOC1COCCN(S(=O)(=O)c2cc(C(=O)Nc3cc(F)c(F)c(F)c3)ccc2OC)C1. The number of amides is 1. The van der Waals surface area contributed by atoms with Gasteiger partial charge in [-0.05, 0) is 25.1 Å². The number of sulfonamides is 1. The van der Waals surface area contributed by atoms with Crippen LogP contribution in [-0.2, 0) is 19.5 Å². The van der Waals surface area contributed by atoms with E-state index in [1.807, 2.05) is 0 Å². The molecule has 12 heteroatoms. The summed E-state index contributed by atoms with van der Waals surface area (Å²) in [5.74, 6) is -5.47. The summed E-state index contributed by atoms with van der Waals surface area (Å²) in [6, 6.07) is 4.91. The Hall–Kier alpha value is -2.67. The maximum atomic E-state index is 13.4. The van der Waals surface area contributed by atoms with E-state index in [9.17, 15) is 26.4 Å². The molecule has 2 aromatic carbocycles. The van der Waals surface area contributed by atoms with E-state index in [1.54, 1.807) is 6.92 Å². The van der Waals surface area contributed by atoms with E-state index in [4.69, 9.17) is 14.2 Å². The van der Waals surface area contributed by atoms with Gasteiger partial charge in [-0.1, -0.05) is 0 Å². The van der Waals surface area contributed by atoms with Crippen LogP contribution in [0.1, 0.15) is 17.3 Å². The Balaban J connectivity index is 1.92. The third-order valence-corrected chi connectivity index (χ3v) is 6.77. The van der Waals surface area contributed by atoms with Crippen LogP contribution in [0.25, 0.3) is 0 Å². The molecule has 0 aliphatic carbocycles. The van der Waals surface area contributed by atoms with Gasteiger partial charge in [0.05, 0.1) is 26.4 Å². The number of ether oxygens (including phenoxy) is 3. The fourth-order valence-corrected chi connectivity index (χ4v) is 4.93. The highest BCUT2D eigenvalue weighted by Crippen LogP contribution is 2.29. The van der Waals surface area contributed by atoms with E-state index < -0.39 is 39.5 Å². The number of nitrogens with one attached hydrogen (secondary N) is 1. The van der Waals surface area contributed by atoms with Crippen molar-refractivity contribution in [2.75, 3.05) is 45.3 Å². The van der Waals surface area contributed by atoms with Crippen molar-refractivity contribution in [1.82, 2.24) is 4.31 Å². The number of nitrogens with zero attached hydrogens (tertiary/aromatic N) is 1. The van der Waals surface area contributed by atoms with Crippen LogP contribution in [0.2, 0.25) is 0 Å². The molecule has 0 spiro atoms. The first-order valence-corrected chi connectivity index (χ1v) is 11.4. The summed E-state index contributed by atoms with van der Waals surface area (Å²) in [6.45, 7) is 2.68. The molecule has 180 valence electrons. The molecule has 1 N–H and O–H groups in total. The molecule has 33 heavy (non-hydrogen) atoms. The largest absolute Gasteiger partial charge is 0.495 e. The minimum atomic E-state index is -4.13. The third-order valence-electron chi connectivity index (χ3n) is 4.88. The number of anilines is 1. The van der Waals surface area contributed by atoms with Gasteiger partial charge in [0, 0.05) is 43.1 Å². The second kappa shape index (κ2) is 10.5. The molecule has 0 saturated carbocycles. The third kappa shape index (κ3) is 5.64. The number of carbonyl (C=O) groups is 1. The molecular formula is C21H23F3N2O6S. The summed E-state index contributed by atoms with van der Waals surface area (Å²) in [5.41, 5.74) is -0.451. The van der Waals surface area contributed by atoms with E-state index in [1.165, 1.54) is 23.5 Å². The lowest BCUT2D eigenvalue weighted by Crippen LogP contribution is -2.39. The summed E-state index contributed by atoms with van der Waals surface area (Å²) in [4.78, 5) is 12.4. The Bertz CT molecular complexity index is 1110. The quantitative estimate of drug-likeness (QED) is 0.603. The number of rotatable bonds is 7. The van der Waals surface area contributed by atoms with Crippen molar-refractivity contribution in [1.29, 1.82) is 0 Å². The zero-order valence-corrected chi connectivity index (χ0v) is 18.8. The van der Waals surface area contributed by atoms with Crippen LogP contribution in [0.3, 0.4) is 0 Å². The van der Waals surface area contributed by atoms with Crippen molar-refractivity contribution in [2.45, 2.75) is 17.9 Å². The molecule has 1 aliphatic rings. The van der Waals surface area contributed by atoms with E-state index in [2.05, 4.69) is 5.32 Å². The number of halogens is 3. The highest BCUT2D eigenvalue weighted by atomic mass is 32.2. The van der Waals surface area contributed by atoms with Crippen LogP contribution in [0, 0.1) is 17.5 Å². The predicted molar refractivity (Wildman–Crippen MR) is 112 cm³/mol. The second-order valence-corrected chi connectivity index (χ2v) is 9.00. The molecular weight excluding hydrogens is 465 g/mol. The highest BCUT2D eigenvalue weighted by molar-refractivity contribution is 7.89. The Labute approximate surface area is 189 Å². The lowest BCUT2D eigenvalue weighted by atomic mass is 10.2. The summed E-state index contributed by atoms with van der Waals surface area (Å²) in [5, 5.41) is 2.22. The van der Waals surface area contributed by atoms with Gasteiger partial charge in [0.1, 0.15) is 10.6 Å². The van der Waals surface area contributed by atoms with Crippen LogP contribution in [-0.4, -0.2) is 64.8 Å². The zero-order valence-electron chi connectivity index (χ0n) is 17.9. The topological polar surface area (TPSA) is 94.2 Å². The Morgan fingerprint density at radius 3 is 2.55 bits per heavy atom. The van der Waals surface area contributed by atoms with Crippen molar-refractivity contribution in [3.05, 3.63) is 53.3 Å². The monoisotopic (exact) mass is 488 g/mol. The first kappa shape index (κ1) is 25.0. The van der Waals surface area contributed by atoms with E-state index in [0.717, 1.165) is 6.07 Å². The molecule has 1 saturated heterocycles. The average Bonchev–Trinajstić information content (AvgIpc) is 3.03. The first-order valence-electron chi connectivity index (χ1n) is 10.0. The molecule has 1 amide bonds. The fraction of sp³-hybridized carbons (Fsp3) is 0.381. The molecule has 0 aromatic heterocycles. The van der Waals surface area contributed by atoms with Crippen LogP contribution >= 0.6 is 0 Å². The van der Waals surface area contributed by atoms with Gasteiger partial charge < -0.3 is 19.5 Å². The normalized spacial score (nSPS) is 17.4. The van der Waals surface area contributed by atoms with Gasteiger partial charge in [0.2, 0.25) is 10.0 Å². The number of methoxy groups -OCH3 is 1. The molecule has 1 fully saturated rings. The van der Waals surface area contributed by atoms with Crippen molar-refractivity contribution in [3.8, 4) is 5.75 Å². The van der Waals surface area contributed by atoms with Crippen LogP contribution in [0.4, 0.5) is 18.9 Å². The van der Waals surface area contributed by atoms with Crippen molar-refractivity contribution < 1.29 is 40.6 Å². The summed E-state index contributed by atoms with van der Waals surface area (Å²) >= 11 is 0. The maximum absolute atomic E-state index is 13.4. The molecule has 8 nitrogen and oxygen atoms in total. The molecule has 1 heterocycles. The minimum Gasteiger partial charge on any atom is -0.495 e. The average molecular weight is 488 g/mol. The van der Waals surface area contributed by atoms with E-state index in [-0.39, 0.29) is 48.2 Å². The molecule has 1 aliphatic heterocycles. The second-order valence-electron chi connectivity index (χ2n) is 7.09. The van der Waals surface area contributed by atoms with Crippen LogP contribution < -0.4 is 10.1 Å². The van der Waals surface area contributed by atoms with Crippen LogP contribution in [0.15, 0.2) is 35.2 Å². The lowest BCUT2D eigenvalue weighted by molar-refractivity contribution is 0.00307. The van der Waals surface area contributed by atoms with E-state index >= 15 is 0 Å². The highest BCUT2D eigenvalue weighted by Gasteiger charge is 2.32. The molecule has 1 unspecified atom stereocenters. The summed E-state index contributed by atoms with van der Waals surface area (Å²) in [6.07, 6.45) is -0.465. The van der Waals surface area contributed by atoms with Gasteiger partial charge in [-0.3, -0.25) is 4.79 Å². The van der Waals surface area contributed by atoms with Crippen LogP contribution in [0.5, 0.6) is 5.75 Å². The molecule has 0 radical (unpaired) electrons.